The molecule has 24 heavy (non-hydrogen) atoms. The lowest BCUT2D eigenvalue weighted by Gasteiger charge is -2.13. The van der Waals surface area contributed by atoms with Crippen LogP contribution < -0.4 is 5.32 Å². The highest BCUT2D eigenvalue weighted by molar-refractivity contribution is 5.81. The second-order valence-electron chi connectivity index (χ2n) is 7.13. The first kappa shape index (κ1) is 16.7. The molecular weight excluding hydrogens is 296 g/mol. The van der Waals surface area contributed by atoms with Gasteiger partial charge in [0.15, 0.2) is 0 Å². The molecule has 0 spiro atoms. The first-order valence-electron chi connectivity index (χ1n) is 8.64. The van der Waals surface area contributed by atoms with Crippen molar-refractivity contribution in [2.24, 2.45) is 11.8 Å². The van der Waals surface area contributed by atoms with Gasteiger partial charge in [0.2, 0.25) is 5.91 Å². The van der Waals surface area contributed by atoms with Crippen LogP contribution in [0.25, 0.3) is 11.1 Å². The second kappa shape index (κ2) is 7.18. The molecule has 2 aromatic rings. The fraction of sp³-hybridized carbons (Fsp3) is 0.381. The van der Waals surface area contributed by atoms with E-state index in [0.29, 0.717) is 12.5 Å². The van der Waals surface area contributed by atoms with Crippen LogP contribution in [0.5, 0.6) is 0 Å². The van der Waals surface area contributed by atoms with E-state index >= 15 is 0 Å². The zero-order valence-electron chi connectivity index (χ0n) is 14.8. The van der Waals surface area contributed by atoms with E-state index in [2.05, 4.69) is 73.7 Å². The molecule has 0 aliphatic heterocycles. The molecule has 1 aliphatic rings. The molecule has 1 amide bonds. The maximum absolute atomic E-state index is 12.1. The summed E-state index contributed by atoms with van der Waals surface area (Å²) >= 11 is 0. The number of hydrogen-bond donors (Lipinski definition) is 1. The van der Waals surface area contributed by atoms with Gasteiger partial charge in [-0.25, -0.2) is 0 Å². The molecule has 0 radical (unpaired) electrons. The predicted molar refractivity (Wildman–Crippen MR) is 98.4 cm³/mol. The van der Waals surface area contributed by atoms with E-state index in [9.17, 15) is 4.79 Å². The molecule has 0 saturated heterocycles. The summed E-state index contributed by atoms with van der Waals surface area (Å²) in [6.07, 6.45) is 1.03. The minimum atomic E-state index is 0.193. The number of nitrogens with zero attached hydrogens (tertiary/aromatic N) is 1. The van der Waals surface area contributed by atoms with Crippen LogP contribution in [-0.2, 0) is 17.9 Å². The van der Waals surface area contributed by atoms with Crippen molar-refractivity contribution in [1.82, 2.24) is 10.2 Å². The smallest absolute Gasteiger partial charge is 0.223 e. The summed E-state index contributed by atoms with van der Waals surface area (Å²) in [7, 11) is 4.15. The highest BCUT2D eigenvalue weighted by Gasteiger charge is 2.38. The van der Waals surface area contributed by atoms with Gasteiger partial charge < -0.3 is 10.2 Å². The maximum atomic E-state index is 12.1. The minimum Gasteiger partial charge on any atom is -0.352 e. The normalized spacial score (nSPS) is 19.3. The fourth-order valence-corrected chi connectivity index (χ4v) is 3.11. The van der Waals surface area contributed by atoms with Crippen LogP contribution in [-0.4, -0.2) is 24.9 Å². The monoisotopic (exact) mass is 322 g/mol. The van der Waals surface area contributed by atoms with Crippen LogP contribution >= 0.6 is 0 Å². The molecule has 126 valence electrons. The van der Waals surface area contributed by atoms with Crippen molar-refractivity contribution in [1.29, 1.82) is 0 Å². The molecule has 2 aromatic carbocycles. The average molecular weight is 322 g/mol. The van der Waals surface area contributed by atoms with Crippen molar-refractivity contribution in [3.05, 3.63) is 59.7 Å². The molecule has 3 nitrogen and oxygen atoms in total. The zero-order valence-corrected chi connectivity index (χ0v) is 14.8. The number of carbonyl (C=O) groups excluding carboxylic acids is 1. The Balaban J connectivity index is 1.72. The quantitative estimate of drug-likeness (QED) is 0.880. The number of benzene rings is 2. The molecule has 1 saturated carbocycles. The van der Waals surface area contributed by atoms with Gasteiger partial charge in [0.1, 0.15) is 0 Å². The minimum absolute atomic E-state index is 0.193. The predicted octanol–water partition coefficient (Wildman–Crippen LogP) is 3.69. The summed E-state index contributed by atoms with van der Waals surface area (Å²) < 4.78 is 0. The van der Waals surface area contributed by atoms with Gasteiger partial charge in [-0.05, 0) is 48.7 Å². The maximum Gasteiger partial charge on any atom is 0.223 e. The number of rotatable bonds is 6. The fourth-order valence-electron chi connectivity index (χ4n) is 3.11. The van der Waals surface area contributed by atoms with Gasteiger partial charge in [-0.15, -0.1) is 0 Å². The van der Waals surface area contributed by atoms with E-state index in [4.69, 9.17) is 0 Å². The van der Waals surface area contributed by atoms with E-state index in [1.54, 1.807) is 0 Å². The summed E-state index contributed by atoms with van der Waals surface area (Å²) in [6.45, 7) is 3.67. The molecule has 0 bridgehead atoms. The Labute approximate surface area is 144 Å². The molecule has 1 fully saturated rings. The van der Waals surface area contributed by atoms with Crippen molar-refractivity contribution < 1.29 is 4.79 Å². The Hall–Kier alpha value is -2.13. The molecule has 0 aromatic heterocycles. The van der Waals surface area contributed by atoms with Crippen LogP contribution in [0.1, 0.15) is 24.5 Å². The highest BCUT2D eigenvalue weighted by Crippen LogP contribution is 2.37. The Kier molecular flexibility index (Phi) is 5.00. The Morgan fingerprint density at radius 3 is 2.42 bits per heavy atom. The van der Waals surface area contributed by atoms with Gasteiger partial charge in [0.25, 0.3) is 0 Å². The van der Waals surface area contributed by atoms with Crippen molar-refractivity contribution in [3.8, 4) is 11.1 Å². The molecule has 3 heteroatoms. The zero-order chi connectivity index (χ0) is 17.1. The number of hydrogen-bond acceptors (Lipinski definition) is 2. The van der Waals surface area contributed by atoms with Crippen LogP contribution in [0.4, 0.5) is 0 Å². The molecule has 0 heterocycles. The van der Waals surface area contributed by atoms with E-state index in [1.165, 1.54) is 22.3 Å². The first-order valence-corrected chi connectivity index (χ1v) is 8.64. The molecule has 1 aliphatic carbocycles. The Morgan fingerprint density at radius 2 is 1.79 bits per heavy atom. The van der Waals surface area contributed by atoms with Crippen LogP contribution in [0.2, 0.25) is 0 Å². The molecule has 2 atom stereocenters. The average Bonchev–Trinajstić information content (AvgIpc) is 3.30. The number of amides is 1. The van der Waals surface area contributed by atoms with E-state index < -0.39 is 0 Å². The summed E-state index contributed by atoms with van der Waals surface area (Å²) in [5.41, 5.74) is 4.86. The lowest BCUT2D eigenvalue weighted by molar-refractivity contribution is -0.122. The van der Waals surface area contributed by atoms with Crippen molar-refractivity contribution in [2.45, 2.75) is 26.4 Å². The van der Waals surface area contributed by atoms with E-state index in [0.717, 1.165) is 13.0 Å². The standard InChI is InChI=1S/C21H26N2O/c1-15-12-20(15)21(24)22-13-18-6-4-5-7-19(18)17-10-8-16(9-11-17)14-23(2)3/h4-11,15,20H,12-14H2,1-3H3,(H,22,24). The topological polar surface area (TPSA) is 32.3 Å². The van der Waals surface area contributed by atoms with Gasteiger partial charge in [0, 0.05) is 19.0 Å². The first-order chi connectivity index (χ1) is 11.5. The summed E-state index contributed by atoms with van der Waals surface area (Å²) in [5.74, 6) is 0.964. The summed E-state index contributed by atoms with van der Waals surface area (Å²) in [5, 5.41) is 3.09. The molecular formula is C21H26N2O. The number of nitrogens with one attached hydrogen (secondary N) is 1. The second-order valence-corrected chi connectivity index (χ2v) is 7.13. The van der Waals surface area contributed by atoms with Gasteiger partial charge >= 0.3 is 0 Å². The van der Waals surface area contributed by atoms with Gasteiger partial charge in [-0.3, -0.25) is 4.79 Å². The Bertz CT molecular complexity index is 706. The third kappa shape index (κ3) is 4.04. The summed E-state index contributed by atoms with van der Waals surface area (Å²) in [4.78, 5) is 14.2. The van der Waals surface area contributed by atoms with E-state index in [1.807, 2.05) is 6.07 Å². The van der Waals surface area contributed by atoms with Gasteiger partial charge in [-0.2, -0.15) is 0 Å². The molecule has 1 N–H and O–H groups in total. The number of carbonyl (C=O) groups is 1. The lowest BCUT2D eigenvalue weighted by Crippen LogP contribution is -2.25. The van der Waals surface area contributed by atoms with Crippen LogP contribution in [0, 0.1) is 11.8 Å². The largest absolute Gasteiger partial charge is 0.352 e. The third-order valence-electron chi connectivity index (χ3n) is 4.68. The van der Waals surface area contributed by atoms with Crippen molar-refractivity contribution in [3.63, 3.8) is 0 Å². The molecule has 3 rings (SSSR count). The third-order valence-corrected chi connectivity index (χ3v) is 4.68. The van der Waals surface area contributed by atoms with Gasteiger partial charge in [0.05, 0.1) is 0 Å². The lowest BCUT2D eigenvalue weighted by atomic mass is 9.98. The van der Waals surface area contributed by atoms with E-state index in [-0.39, 0.29) is 11.8 Å². The highest BCUT2D eigenvalue weighted by atomic mass is 16.2. The van der Waals surface area contributed by atoms with Crippen LogP contribution in [0.3, 0.4) is 0 Å². The van der Waals surface area contributed by atoms with Crippen molar-refractivity contribution in [2.75, 3.05) is 14.1 Å². The molecule has 2 unspecified atom stereocenters. The SMILES string of the molecule is CC1CC1C(=O)NCc1ccccc1-c1ccc(CN(C)C)cc1. The summed E-state index contributed by atoms with van der Waals surface area (Å²) in [6, 6.07) is 17.0. The Morgan fingerprint density at radius 1 is 1.12 bits per heavy atom. The van der Waals surface area contributed by atoms with Gasteiger partial charge in [-0.1, -0.05) is 55.5 Å². The van der Waals surface area contributed by atoms with Crippen LogP contribution in [0.15, 0.2) is 48.5 Å². The van der Waals surface area contributed by atoms with Crippen molar-refractivity contribution >= 4 is 5.91 Å².